The van der Waals surface area contributed by atoms with E-state index in [-0.39, 0.29) is 19.1 Å². The number of phosphoric ester groups is 1. The Morgan fingerprint density at radius 2 is 0.857 bits per heavy atom. The van der Waals surface area contributed by atoms with Crippen molar-refractivity contribution >= 4 is 13.7 Å². The van der Waals surface area contributed by atoms with E-state index in [0.717, 1.165) is 109 Å². The fourth-order valence-electron chi connectivity index (χ4n) is 7.37. The minimum atomic E-state index is -4.32. The van der Waals surface area contributed by atoms with Crippen molar-refractivity contribution < 1.29 is 32.9 Å². The van der Waals surface area contributed by atoms with Gasteiger partial charge in [-0.25, -0.2) is 4.57 Å². The zero-order valence-electron chi connectivity index (χ0n) is 45.5. The second-order valence-corrected chi connectivity index (χ2v) is 21.0. The maximum absolute atomic E-state index is 12.9. The minimum absolute atomic E-state index is 0.0681. The molecule has 1 amide bonds. The summed E-state index contributed by atoms with van der Waals surface area (Å²) < 4.78 is 23.6. The molecule has 8 nitrogen and oxygen atoms in total. The van der Waals surface area contributed by atoms with Gasteiger partial charge in [0.2, 0.25) is 5.91 Å². The number of phosphoric acid groups is 1. The van der Waals surface area contributed by atoms with E-state index in [0.29, 0.717) is 23.9 Å². The number of aliphatic hydroxyl groups excluding tert-OH is 1. The molecule has 0 aromatic rings. The third-order valence-corrected chi connectivity index (χ3v) is 12.7. The van der Waals surface area contributed by atoms with E-state index in [2.05, 4.69) is 141 Å². The lowest BCUT2D eigenvalue weighted by Gasteiger charge is -2.26. The van der Waals surface area contributed by atoms with E-state index in [1.165, 1.54) is 70.6 Å². The molecule has 0 saturated carbocycles. The molecule has 0 rings (SSSR count). The fraction of sp³-hybridized carbons (Fsp3) is 0.656. The van der Waals surface area contributed by atoms with E-state index in [9.17, 15) is 19.4 Å². The van der Waals surface area contributed by atoms with Gasteiger partial charge in [0.15, 0.2) is 0 Å². The number of likely N-dealkylation sites (N-methyl/N-ethyl adjacent to an activating group) is 1. The van der Waals surface area contributed by atoms with E-state index >= 15 is 0 Å². The molecule has 0 aliphatic carbocycles. The number of hydrogen-bond donors (Lipinski definition) is 3. The van der Waals surface area contributed by atoms with Gasteiger partial charge in [-0.3, -0.25) is 13.8 Å². The average Bonchev–Trinajstić information content (AvgIpc) is 3.32. The molecule has 3 atom stereocenters. The highest BCUT2D eigenvalue weighted by Gasteiger charge is 2.28. The maximum Gasteiger partial charge on any atom is 0.472 e. The lowest BCUT2D eigenvalue weighted by Crippen LogP contribution is -2.46. The summed E-state index contributed by atoms with van der Waals surface area (Å²) >= 11 is 0. The Morgan fingerprint density at radius 1 is 0.500 bits per heavy atom. The van der Waals surface area contributed by atoms with Crippen molar-refractivity contribution in [2.75, 3.05) is 40.9 Å². The Bertz CT molecular complexity index is 1550. The van der Waals surface area contributed by atoms with Crippen LogP contribution in [0.4, 0.5) is 0 Å². The first-order chi connectivity index (χ1) is 34.0. The number of unbranched alkanes of at least 4 members (excludes halogenated alkanes) is 16. The first kappa shape index (κ1) is 66.9. The van der Waals surface area contributed by atoms with Crippen LogP contribution >= 0.6 is 7.82 Å². The second-order valence-electron chi connectivity index (χ2n) is 19.6. The highest BCUT2D eigenvalue weighted by Crippen LogP contribution is 2.43. The summed E-state index contributed by atoms with van der Waals surface area (Å²) in [4.78, 5) is 23.1. The van der Waals surface area contributed by atoms with Crippen LogP contribution < -0.4 is 5.32 Å². The molecular formula is C61H106N2O6P+. The summed E-state index contributed by atoms with van der Waals surface area (Å²) in [6.07, 6.45) is 75.7. The van der Waals surface area contributed by atoms with Crippen LogP contribution in [0.15, 0.2) is 122 Å². The number of carbonyl (C=O) groups is 1. The van der Waals surface area contributed by atoms with Crippen molar-refractivity contribution in [2.24, 2.45) is 0 Å². The number of hydrogen-bond acceptors (Lipinski definition) is 5. The molecule has 0 aromatic carbocycles. The van der Waals surface area contributed by atoms with Crippen molar-refractivity contribution in [3.8, 4) is 0 Å². The van der Waals surface area contributed by atoms with E-state index < -0.39 is 20.0 Å². The predicted octanol–water partition coefficient (Wildman–Crippen LogP) is 17.0. The van der Waals surface area contributed by atoms with Crippen molar-refractivity contribution in [2.45, 2.75) is 219 Å². The van der Waals surface area contributed by atoms with E-state index in [1.807, 2.05) is 21.1 Å². The number of quaternary nitrogens is 1. The van der Waals surface area contributed by atoms with Crippen LogP contribution in [-0.4, -0.2) is 73.4 Å². The van der Waals surface area contributed by atoms with Gasteiger partial charge in [-0.05, 0) is 89.9 Å². The van der Waals surface area contributed by atoms with Gasteiger partial charge >= 0.3 is 7.82 Å². The van der Waals surface area contributed by atoms with Gasteiger partial charge in [-0.2, -0.15) is 0 Å². The fourth-order valence-corrected chi connectivity index (χ4v) is 8.10. The smallest absolute Gasteiger partial charge is 0.391 e. The average molecular weight is 995 g/mol. The van der Waals surface area contributed by atoms with Gasteiger partial charge in [0.1, 0.15) is 13.2 Å². The first-order valence-electron chi connectivity index (χ1n) is 27.9. The van der Waals surface area contributed by atoms with Crippen LogP contribution in [0, 0.1) is 0 Å². The first-order valence-corrected chi connectivity index (χ1v) is 29.4. The van der Waals surface area contributed by atoms with Crippen LogP contribution in [0.1, 0.15) is 206 Å². The lowest BCUT2D eigenvalue weighted by molar-refractivity contribution is -0.870. The number of carbonyl (C=O) groups excluding carboxylic acids is 1. The van der Waals surface area contributed by atoms with Crippen LogP contribution in [0.2, 0.25) is 0 Å². The monoisotopic (exact) mass is 994 g/mol. The third-order valence-electron chi connectivity index (χ3n) is 11.7. The summed E-state index contributed by atoms with van der Waals surface area (Å²) in [6.45, 7) is 4.70. The molecule has 0 fully saturated rings. The van der Waals surface area contributed by atoms with Crippen LogP contribution in [0.5, 0.6) is 0 Å². The molecule has 0 saturated heterocycles. The predicted molar refractivity (Wildman–Crippen MR) is 304 cm³/mol. The lowest BCUT2D eigenvalue weighted by atomic mass is 10.0. The Kier molecular flexibility index (Phi) is 48.6. The highest BCUT2D eigenvalue weighted by molar-refractivity contribution is 7.47. The van der Waals surface area contributed by atoms with Crippen LogP contribution in [0.3, 0.4) is 0 Å². The number of rotatable bonds is 49. The molecule has 0 aliphatic rings. The normalized spacial score (nSPS) is 14.9. The minimum Gasteiger partial charge on any atom is -0.391 e. The van der Waals surface area contributed by atoms with Gasteiger partial charge in [0.05, 0.1) is 39.9 Å². The summed E-state index contributed by atoms with van der Waals surface area (Å²) in [5.41, 5.74) is 0. The Hall–Kier alpha value is -3.10. The number of allylic oxidation sites excluding steroid dienone is 20. The molecule has 0 spiro atoms. The molecule has 70 heavy (non-hydrogen) atoms. The number of aliphatic hydroxyl groups is 1. The highest BCUT2D eigenvalue weighted by atomic mass is 31.2. The van der Waals surface area contributed by atoms with Gasteiger partial charge in [-0.15, -0.1) is 0 Å². The SMILES string of the molecule is CC/C=C\C/C=C\C/C=C\C/C=C\C/C=C\C/C=C\C/C=C\C/C=C\C/C=C\C/C=C\CCCCCCCCCCCCC(=O)NC(COP(=O)(O)OCC[N+](C)(C)C)C(O)CCCCCCCCC. The van der Waals surface area contributed by atoms with Crippen molar-refractivity contribution in [3.63, 3.8) is 0 Å². The summed E-state index contributed by atoms with van der Waals surface area (Å²) in [7, 11) is 1.59. The zero-order chi connectivity index (χ0) is 51.3. The number of nitrogens with one attached hydrogen (secondary N) is 1. The molecule has 0 radical (unpaired) electrons. The van der Waals surface area contributed by atoms with Crippen molar-refractivity contribution in [1.82, 2.24) is 5.32 Å². The largest absolute Gasteiger partial charge is 0.472 e. The number of nitrogens with zero attached hydrogens (tertiary/aromatic N) is 1. The third kappa shape index (κ3) is 52.7. The standard InChI is InChI=1S/C61H105N2O6P/c1-6-8-10-12-14-15-16-17-18-19-20-21-22-23-24-25-26-27-28-29-30-31-32-33-34-35-36-37-38-39-40-41-42-43-44-45-46-47-49-51-53-55-61(65)62-59(60(64)54-52-50-48-13-11-9-7-2)58-69-70(66,67)68-57-56-63(3,4)5/h8,10,14-15,17-18,20-21,23-24,26-27,29-30,32-33,35-36,38-39,59-60,64H,6-7,9,11-13,16,19,22,25,28,31,34,37,40-58H2,1-5H3,(H-,62,65,66,67)/p+1/b10-8-,15-14-,18-17-,21-20-,24-23-,27-26-,30-29-,33-32-,36-35-,39-38-. The summed E-state index contributed by atoms with van der Waals surface area (Å²) in [6, 6.07) is -0.767. The van der Waals surface area contributed by atoms with Crippen molar-refractivity contribution in [3.05, 3.63) is 122 Å². The quantitative estimate of drug-likeness (QED) is 0.0243. The van der Waals surface area contributed by atoms with Gasteiger partial charge in [-0.1, -0.05) is 232 Å². The van der Waals surface area contributed by atoms with Crippen LogP contribution in [-0.2, 0) is 18.4 Å². The van der Waals surface area contributed by atoms with Gasteiger partial charge in [0, 0.05) is 6.42 Å². The molecule has 0 bridgehead atoms. The Balaban J connectivity index is 3.95. The van der Waals surface area contributed by atoms with Gasteiger partial charge in [0.25, 0.3) is 0 Å². The zero-order valence-corrected chi connectivity index (χ0v) is 46.4. The molecule has 3 unspecified atom stereocenters. The molecule has 9 heteroatoms. The second kappa shape index (κ2) is 50.8. The molecular weight excluding hydrogens is 888 g/mol. The molecule has 0 aliphatic heterocycles. The summed E-state index contributed by atoms with van der Waals surface area (Å²) in [5.74, 6) is -0.159. The molecule has 400 valence electrons. The maximum atomic E-state index is 12.9. The molecule has 0 aromatic heterocycles. The topological polar surface area (TPSA) is 105 Å². The number of amides is 1. The Morgan fingerprint density at radius 3 is 1.26 bits per heavy atom. The summed E-state index contributed by atoms with van der Waals surface area (Å²) in [5, 5.41) is 13.9. The van der Waals surface area contributed by atoms with Gasteiger partial charge < -0.3 is 19.8 Å². The van der Waals surface area contributed by atoms with E-state index in [1.54, 1.807) is 0 Å². The molecule has 0 heterocycles. The van der Waals surface area contributed by atoms with Crippen molar-refractivity contribution in [1.29, 1.82) is 0 Å². The Labute approximate surface area is 431 Å². The van der Waals surface area contributed by atoms with Crippen LogP contribution in [0.25, 0.3) is 0 Å². The van der Waals surface area contributed by atoms with E-state index in [4.69, 9.17) is 9.05 Å². The molecule has 3 N–H and O–H groups in total.